The lowest BCUT2D eigenvalue weighted by atomic mass is 10.0. The molecule has 0 aliphatic heterocycles. The fraction of sp³-hybridized carbons (Fsp3) is 0.107. The average molecular weight is 484 g/mol. The van der Waals surface area contributed by atoms with Crippen molar-refractivity contribution in [2.45, 2.75) is 13.8 Å². The van der Waals surface area contributed by atoms with Crippen molar-refractivity contribution < 1.29 is 14.3 Å². The van der Waals surface area contributed by atoms with Gasteiger partial charge in [0.2, 0.25) is 0 Å². The van der Waals surface area contributed by atoms with Gasteiger partial charge in [-0.25, -0.2) is 4.79 Å². The number of esters is 1. The highest BCUT2D eigenvalue weighted by atomic mass is 32.1. The SMILES string of the molecule is CCOc1ccc(C(=O)Oc2ccc3ccccc3c2/C=N/NC(=S)Nc2cccc(C)c2)cc1. The number of hydrogen-bond acceptors (Lipinski definition) is 5. The number of nitrogens with zero attached hydrogens (tertiary/aromatic N) is 1. The van der Waals surface area contributed by atoms with E-state index in [0.29, 0.717) is 34.3 Å². The van der Waals surface area contributed by atoms with Crippen LogP contribution in [0.15, 0.2) is 90.0 Å². The predicted octanol–water partition coefficient (Wildman–Crippen LogP) is 6.09. The number of fused-ring (bicyclic) bond motifs is 1. The molecule has 2 N–H and O–H groups in total. The van der Waals surface area contributed by atoms with E-state index in [1.165, 1.54) is 0 Å². The van der Waals surface area contributed by atoms with Crippen LogP contribution in [0.5, 0.6) is 11.5 Å². The van der Waals surface area contributed by atoms with Crippen molar-refractivity contribution in [2.24, 2.45) is 5.10 Å². The maximum absolute atomic E-state index is 12.8. The van der Waals surface area contributed by atoms with Gasteiger partial charge in [0.25, 0.3) is 0 Å². The molecule has 0 aliphatic carbocycles. The number of ether oxygens (including phenoxy) is 2. The Balaban J connectivity index is 1.54. The predicted molar refractivity (Wildman–Crippen MR) is 145 cm³/mol. The molecule has 7 heteroatoms. The molecule has 0 heterocycles. The van der Waals surface area contributed by atoms with Crippen LogP contribution in [0.25, 0.3) is 10.8 Å². The van der Waals surface area contributed by atoms with Gasteiger partial charge >= 0.3 is 5.97 Å². The molecule has 0 saturated carbocycles. The van der Waals surface area contributed by atoms with Crippen LogP contribution in [0.2, 0.25) is 0 Å². The van der Waals surface area contributed by atoms with E-state index in [-0.39, 0.29) is 0 Å². The Hall–Kier alpha value is -4.23. The fourth-order valence-corrected chi connectivity index (χ4v) is 3.72. The van der Waals surface area contributed by atoms with Crippen molar-refractivity contribution in [2.75, 3.05) is 11.9 Å². The second-order valence-corrected chi connectivity index (χ2v) is 8.15. The number of hydrazone groups is 1. The highest BCUT2D eigenvalue weighted by Crippen LogP contribution is 2.27. The maximum atomic E-state index is 12.8. The topological polar surface area (TPSA) is 72.0 Å². The number of carbonyl (C=O) groups excluding carboxylic acids is 1. The van der Waals surface area contributed by atoms with E-state index < -0.39 is 5.97 Å². The lowest BCUT2D eigenvalue weighted by molar-refractivity contribution is 0.0734. The minimum Gasteiger partial charge on any atom is -0.494 e. The quantitative estimate of drug-likeness (QED) is 0.109. The second-order valence-electron chi connectivity index (χ2n) is 7.74. The first kappa shape index (κ1) is 23.9. The first-order chi connectivity index (χ1) is 17.0. The largest absolute Gasteiger partial charge is 0.494 e. The smallest absolute Gasteiger partial charge is 0.343 e. The monoisotopic (exact) mass is 483 g/mol. The lowest BCUT2D eigenvalue weighted by Crippen LogP contribution is -2.23. The number of benzene rings is 4. The first-order valence-corrected chi connectivity index (χ1v) is 11.6. The summed E-state index contributed by atoms with van der Waals surface area (Å²) in [5.41, 5.74) is 5.90. The van der Waals surface area contributed by atoms with Gasteiger partial charge in [-0.15, -0.1) is 0 Å². The molecule has 35 heavy (non-hydrogen) atoms. The third-order valence-corrected chi connectivity index (χ3v) is 5.36. The van der Waals surface area contributed by atoms with Crippen molar-refractivity contribution in [3.05, 3.63) is 102 Å². The van der Waals surface area contributed by atoms with E-state index in [2.05, 4.69) is 15.8 Å². The molecule has 4 rings (SSSR count). The molecule has 0 spiro atoms. The molecule has 0 aromatic heterocycles. The summed E-state index contributed by atoms with van der Waals surface area (Å²) in [5.74, 6) is 0.622. The molecule has 0 bridgehead atoms. The van der Waals surface area contributed by atoms with Gasteiger partial charge in [0.15, 0.2) is 5.11 Å². The summed E-state index contributed by atoms with van der Waals surface area (Å²) in [6, 6.07) is 26.2. The second kappa shape index (κ2) is 11.3. The van der Waals surface area contributed by atoms with Crippen LogP contribution in [0.1, 0.15) is 28.4 Å². The molecule has 0 unspecified atom stereocenters. The molecule has 0 amide bonds. The summed E-state index contributed by atoms with van der Waals surface area (Å²) in [6.07, 6.45) is 1.60. The Labute approximate surface area is 209 Å². The summed E-state index contributed by atoms with van der Waals surface area (Å²) < 4.78 is 11.2. The van der Waals surface area contributed by atoms with Crippen molar-refractivity contribution in [3.63, 3.8) is 0 Å². The minimum atomic E-state index is -0.470. The molecule has 176 valence electrons. The van der Waals surface area contributed by atoms with E-state index in [0.717, 1.165) is 22.0 Å². The van der Waals surface area contributed by atoms with Crippen molar-refractivity contribution in [1.82, 2.24) is 5.43 Å². The van der Waals surface area contributed by atoms with Gasteiger partial charge in [-0.05, 0) is 84.9 Å². The zero-order chi connectivity index (χ0) is 24.6. The van der Waals surface area contributed by atoms with E-state index in [9.17, 15) is 4.79 Å². The molecule has 0 aliphatic rings. The van der Waals surface area contributed by atoms with Gasteiger partial charge < -0.3 is 14.8 Å². The zero-order valence-corrected chi connectivity index (χ0v) is 20.3. The summed E-state index contributed by atoms with van der Waals surface area (Å²) in [4.78, 5) is 12.8. The summed E-state index contributed by atoms with van der Waals surface area (Å²) in [6.45, 7) is 4.48. The third-order valence-electron chi connectivity index (χ3n) is 5.17. The Bertz CT molecular complexity index is 1380. The van der Waals surface area contributed by atoms with Crippen molar-refractivity contribution in [1.29, 1.82) is 0 Å². The minimum absolute atomic E-state index is 0.347. The highest BCUT2D eigenvalue weighted by molar-refractivity contribution is 7.80. The number of nitrogens with one attached hydrogen (secondary N) is 2. The number of carbonyl (C=O) groups is 1. The van der Waals surface area contributed by atoms with Crippen LogP contribution in [0.4, 0.5) is 5.69 Å². The molecule has 0 fully saturated rings. The summed E-state index contributed by atoms with van der Waals surface area (Å²) >= 11 is 5.35. The first-order valence-electron chi connectivity index (χ1n) is 11.2. The Morgan fingerprint density at radius 3 is 2.57 bits per heavy atom. The van der Waals surface area contributed by atoms with Crippen LogP contribution in [-0.4, -0.2) is 23.9 Å². The molecule has 0 atom stereocenters. The van der Waals surface area contributed by atoms with E-state index in [1.807, 2.05) is 68.4 Å². The highest BCUT2D eigenvalue weighted by Gasteiger charge is 2.14. The maximum Gasteiger partial charge on any atom is 0.343 e. The van der Waals surface area contributed by atoms with Crippen LogP contribution in [-0.2, 0) is 0 Å². The lowest BCUT2D eigenvalue weighted by Gasteiger charge is -2.11. The molecule has 0 saturated heterocycles. The Morgan fingerprint density at radius 1 is 1.00 bits per heavy atom. The average Bonchev–Trinajstić information content (AvgIpc) is 2.85. The van der Waals surface area contributed by atoms with E-state index in [4.69, 9.17) is 21.7 Å². The van der Waals surface area contributed by atoms with Crippen LogP contribution < -0.4 is 20.2 Å². The number of anilines is 1. The fourth-order valence-electron chi connectivity index (χ4n) is 3.55. The normalized spacial score (nSPS) is 10.8. The Morgan fingerprint density at radius 2 is 1.80 bits per heavy atom. The molecule has 4 aromatic carbocycles. The van der Waals surface area contributed by atoms with Crippen LogP contribution in [0, 0.1) is 6.92 Å². The number of rotatable bonds is 7. The summed E-state index contributed by atoms with van der Waals surface area (Å²) in [7, 11) is 0. The van der Waals surface area contributed by atoms with Gasteiger partial charge in [0, 0.05) is 11.3 Å². The molecular formula is C28H25N3O3S. The number of aryl methyl sites for hydroxylation is 1. The number of thiocarbonyl (C=S) groups is 1. The van der Waals surface area contributed by atoms with Crippen LogP contribution >= 0.6 is 12.2 Å². The van der Waals surface area contributed by atoms with Gasteiger partial charge in [0.05, 0.1) is 18.4 Å². The van der Waals surface area contributed by atoms with E-state index >= 15 is 0 Å². The summed E-state index contributed by atoms with van der Waals surface area (Å²) in [5, 5.41) is 9.63. The third kappa shape index (κ3) is 6.22. The standard InChI is InChI=1S/C28H25N3O3S/c1-3-33-23-14-11-21(12-15-23)27(32)34-26-16-13-20-8-4-5-10-24(20)25(26)18-29-31-28(35)30-22-9-6-7-19(2)17-22/h4-18H,3H2,1-2H3,(H2,30,31,35)/b29-18+. The van der Waals surface area contributed by atoms with Gasteiger partial charge in [-0.2, -0.15) is 5.10 Å². The molecule has 0 radical (unpaired) electrons. The van der Waals surface area contributed by atoms with Crippen molar-refractivity contribution >= 4 is 46.0 Å². The Kier molecular flexibility index (Phi) is 7.70. The zero-order valence-electron chi connectivity index (χ0n) is 19.4. The van der Waals surface area contributed by atoms with Crippen molar-refractivity contribution in [3.8, 4) is 11.5 Å². The van der Waals surface area contributed by atoms with Crippen LogP contribution in [0.3, 0.4) is 0 Å². The van der Waals surface area contributed by atoms with Gasteiger partial charge in [0.1, 0.15) is 11.5 Å². The molecular weight excluding hydrogens is 458 g/mol. The van der Waals surface area contributed by atoms with E-state index in [1.54, 1.807) is 36.5 Å². The molecule has 4 aromatic rings. The van der Waals surface area contributed by atoms with Gasteiger partial charge in [-0.1, -0.05) is 42.5 Å². The number of hydrogen-bond donors (Lipinski definition) is 2. The van der Waals surface area contributed by atoms with Gasteiger partial charge in [-0.3, -0.25) is 5.43 Å². The molecule has 6 nitrogen and oxygen atoms in total.